The number of hydrogen-bond acceptors (Lipinski definition) is 5. The minimum Gasteiger partial charge on any atom is -0.457 e. The third-order valence-electron chi connectivity index (χ3n) is 4.36. The minimum atomic E-state index is -0.459. The summed E-state index contributed by atoms with van der Waals surface area (Å²) in [5.74, 6) is 1.09. The van der Waals surface area contributed by atoms with Gasteiger partial charge in [0.25, 0.3) is 0 Å². The molecule has 3 aromatic rings. The summed E-state index contributed by atoms with van der Waals surface area (Å²) < 4.78 is 9.96. The van der Waals surface area contributed by atoms with E-state index >= 15 is 0 Å². The number of halogens is 1. The van der Waals surface area contributed by atoms with Crippen molar-refractivity contribution in [3.63, 3.8) is 0 Å². The smallest absolute Gasteiger partial charge is 0.229 e. The van der Waals surface area contributed by atoms with Crippen molar-refractivity contribution in [2.24, 2.45) is 5.41 Å². The maximum absolute atomic E-state index is 12.2. The Kier molecular flexibility index (Phi) is 6.97. The van der Waals surface area contributed by atoms with Gasteiger partial charge in [0.2, 0.25) is 11.8 Å². The van der Waals surface area contributed by atoms with Gasteiger partial charge in [-0.25, -0.2) is 0 Å². The molecule has 6 nitrogen and oxygen atoms in total. The highest BCUT2D eigenvalue weighted by molar-refractivity contribution is 7.11. The van der Waals surface area contributed by atoms with Gasteiger partial charge < -0.3 is 15.4 Å². The van der Waals surface area contributed by atoms with Crippen LogP contribution in [0.5, 0.6) is 11.5 Å². The van der Waals surface area contributed by atoms with Crippen LogP contribution in [0.4, 0.5) is 10.7 Å². The number of ether oxygens (including phenoxy) is 1. The van der Waals surface area contributed by atoms with E-state index in [0.29, 0.717) is 32.9 Å². The van der Waals surface area contributed by atoms with E-state index in [-0.39, 0.29) is 18.2 Å². The third-order valence-corrected chi connectivity index (χ3v) is 5.79. The van der Waals surface area contributed by atoms with Crippen LogP contribution in [0.25, 0.3) is 0 Å². The molecule has 2 amide bonds. The molecule has 0 aliphatic heterocycles. The Morgan fingerprint density at radius 2 is 1.58 bits per heavy atom. The highest BCUT2D eigenvalue weighted by Crippen LogP contribution is 2.29. The number of nitrogens with one attached hydrogen (secondary N) is 2. The van der Waals surface area contributed by atoms with Crippen LogP contribution in [-0.4, -0.2) is 16.2 Å². The first-order chi connectivity index (χ1) is 14.6. The molecule has 3 rings (SSSR count). The zero-order chi connectivity index (χ0) is 22.6. The Morgan fingerprint density at radius 1 is 1.00 bits per heavy atom. The summed E-state index contributed by atoms with van der Waals surface area (Å²) in [6.07, 6.45) is 0.218. The molecule has 1 aromatic heterocycles. The predicted octanol–water partition coefficient (Wildman–Crippen LogP) is 6.06. The normalized spacial score (nSPS) is 11.1. The van der Waals surface area contributed by atoms with Crippen molar-refractivity contribution in [3.8, 4) is 11.5 Å². The molecule has 0 saturated carbocycles. The predicted molar refractivity (Wildman–Crippen MR) is 125 cm³/mol. The number of benzene rings is 2. The summed E-state index contributed by atoms with van der Waals surface area (Å²) in [4.78, 5) is 24.3. The molecule has 2 aromatic carbocycles. The van der Waals surface area contributed by atoms with Crippen molar-refractivity contribution in [2.45, 2.75) is 34.1 Å². The molecule has 1 heterocycles. The number of rotatable bonds is 6. The van der Waals surface area contributed by atoms with E-state index in [9.17, 15) is 9.59 Å². The van der Waals surface area contributed by atoms with E-state index in [0.717, 1.165) is 5.56 Å². The van der Waals surface area contributed by atoms with Gasteiger partial charge in [0.1, 0.15) is 16.5 Å². The third kappa shape index (κ3) is 6.29. The molecule has 0 fully saturated rings. The molecular weight excluding hydrogens is 434 g/mol. The highest BCUT2D eigenvalue weighted by atomic mass is 35.5. The fraction of sp³-hybridized carbons (Fsp3) is 0.261. The Hall–Kier alpha value is -2.90. The summed E-state index contributed by atoms with van der Waals surface area (Å²) in [6, 6.07) is 14.5. The zero-order valence-corrected chi connectivity index (χ0v) is 19.4. The van der Waals surface area contributed by atoms with Gasteiger partial charge in [0.05, 0.1) is 17.1 Å². The van der Waals surface area contributed by atoms with Gasteiger partial charge in [0.15, 0.2) is 0 Å². The fourth-order valence-electron chi connectivity index (χ4n) is 2.53. The van der Waals surface area contributed by atoms with Crippen LogP contribution in [0.15, 0.2) is 48.5 Å². The summed E-state index contributed by atoms with van der Waals surface area (Å²) in [5.41, 5.74) is 1.81. The lowest BCUT2D eigenvalue weighted by atomic mass is 9.95. The SMILES string of the molecule is Cc1nsc(NC(=O)Cc2ccc(Oc3ccc(NC(=O)C(C)(C)C)cc3)cc2)c1Cl. The molecule has 0 spiro atoms. The van der Waals surface area contributed by atoms with Crippen molar-refractivity contribution in [3.05, 3.63) is 64.8 Å². The van der Waals surface area contributed by atoms with Gasteiger partial charge in [-0.2, -0.15) is 4.37 Å². The molecule has 162 valence electrons. The highest BCUT2D eigenvalue weighted by Gasteiger charge is 2.21. The average Bonchev–Trinajstić information content (AvgIpc) is 3.02. The van der Waals surface area contributed by atoms with Crippen LogP contribution in [0, 0.1) is 12.3 Å². The van der Waals surface area contributed by atoms with Crippen LogP contribution in [-0.2, 0) is 16.0 Å². The van der Waals surface area contributed by atoms with Gasteiger partial charge in [-0.15, -0.1) is 0 Å². The lowest BCUT2D eigenvalue weighted by molar-refractivity contribution is -0.123. The second kappa shape index (κ2) is 9.49. The number of amides is 2. The second-order valence-corrected chi connectivity index (χ2v) is 9.26. The maximum Gasteiger partial charge on any atom is 0.229 e. The van der Waals surface area contributed by atoms with Crippen LogP contribution in [0.2, 0.25) is 5.02 Å². The van der Waals surface area contributed by atoms with Crippen LogP contribution in [0.3, 0.4) is 0 Å². The van der Waals surface area contributed by atoms with Gasteiger partial charge in [-0.05, 0) is 60.4 Å². The number of hydrogen-bond donors (Lipinski definition) is 2. The Morgan fingerprint density at radius 3 is 2.10 bits per heavy atom. The van der Waals surface area contributed by atoms with E-state index in [4.69, 9.17) is 16.3 Å². The Balaban J connectivity index is 1.55. The summed E-state index contributed by atoms with van der Waals surface area (Å²) in [7, 11) is 0. The first-order valence-electron chi connectivity index (χ1n) is 9.72. The fourth-order valence-corrected chi connectivity index (χ4v) is 3.48. The molecule has 0 aliphatic carbocycles. The maximum atomic E-state index is 12.2. The summed E-state index contributed by atoms with van der Waals surface area (Å²) in [5, 5.41) is 6.70. The second-order valence-electron chi connectivity index (χ2n) is 8.11. The first kappa shape index (κ1) is 22.8. The average molecular weight is 458 g/mol. The molecule has 0 atom stereocenters. The van der Waals surface area contributed by atoms with E-state index in [1.165, 1.54) is 11.5 Å². The summed E-state index contributed by atoms with van der Waals surface area (Å²) >= 11 is 7.27. The van der Waals surface area contributed by atoms with Crippen molar-refractivity contribution >= 4 is 45.6 Å². The first-order valence-corrected chi connectivity index (χ1v) is 10.9. The molecule has 0 aliphatic rings. The standard InChI is InChI=1S/C23H24ClN3O3S/c1-14-20(24)21(31-27-14)26-19(28)13-15-5-9-17(10-6-15)30-18-11-7-16(8-12-18)25-22(29)23(2,3)4/h5-12H,13H2,1-4H3,(H,25,29)(H,26,28). The largest absolute Gasteiger partial charge is 0.457 e. The van der Waals surface area contributed by atoms with Crippen LogP contribution < -0.4 is 15.4 Å². The van der Waals surface area contributed by atoms with Gasteiger partial charge >= 0.3 is 0 Å². The van der Waals surface area contributed by atoms with Crippen molar-refractivity contribution < 1.29 is 14.3 Å². The van der Waals surface area contributed by atoms with E-state index in [1.807, 2.05) is 45.0 Å². The molecule has 0 bridgehead atoms. The minimum absolute atomic E-state index is 0.0476. The Labute approximate surface area is 190 Å². The van der Waals surface area contributed by atoms with Crippen molar-refractivity contribution in [1.29, 1.82) is 0 Å². The molecule has 0 saturated heterocycles. The number of carbonyl (C=O) groups excluding carboxylic acids is 2. The van der Waals surface area contributed by atoms with Crippen molar-refractivity contribution in [2.75, 3.05) is 10.6 Å². The van der Waals surface area contributed by atoms with Crippen molar-refractivity contribution in [1.82, 2.24) is 4.37 Å². The van der Waals surface area contributed by atoms with Gasteiger partial charge in [-0.3, -0.25) is 9.59 Å². The summed E-state index contributed by atoms with van der Waals surface area (Å²) in [6.45, 7) is 7.39. The topological polar surface area (TPSA) is 80.3 Å². The zero-order valence-electron chi connectivity index (χ0n) is 17.8. The number of carbonyl (C=O) groups is 2. The van der Waals surface area contributed by atoms with Gasteiger partial charge in [-0.1, -0.05) is 44.5 Å². The van der Waals surface area contributed by atoms with Gasteiger partial charge in [0, 0.05) is 11.1 Å². The molecule has 31 heavy (non-hydrogen) atoms. The lowest BCUT2D eigenvalue weighted by Crippen LogP contribution is -2.27. The number of anilines is 2. The van der Waals surface area contributed by atoms with E-state index in [2.05, 4.69) is 15.0 Å². The number of nitrogens with zero attached hydrogens (tertiary/aromatic N) is 1. The van der Waals surface area contributed by atoms with E-state index < -0.39 is 5.41 Å². The number of aromatic nitrogens is 1. The molecular formula is C23H24ClN3O3S. The molecule has 2 N–H and O–H groups in total. The number of aryl methyl sites for hydroxylation is 1. The Bertz CT molecular complexity index is 1070. The monoisotopic (exact) mass is 457 g/mol. The molecule has 0 unspecified atom stereocenters. The quantitative estimate of drug-likeness (QED) is 0.471. The van der Waals surface area contributed by atoms with Crippen LogP contribution >= 0.6 is 23.1 Å². The lowest BCUT2D eigenvalue weighted by Gasteiger charge is -2.17. The van der Waals surface area contributed by atoms with Crippen LogP contribution in [0.1, 0.15) is 32.0 Å². The molecule has 0 radical (unpaired) electrons. The molecule has 8 heteroatoms. The van der Waals surface area contributed by atoms with E-state index in [1.54, 1.807) is 31.2 Å².